The van der Waals surface area contributed by atoms with Crippen molar-refractivity contribution in [1.82, 2.24) is 4.72 Å². The SMILES string of the molecule is CCC(C)(CO)NS(=O)(=O)c1cc(C(=O)O)ccc1Cl. The van der Waals surface area contributed by atoms with Crippen LogP contribution in [0.4, 0.5) is 0 Å². The zero-order valence-electron chi connectivity index (χ0n) is 11.1. The normalized spacial score (nSPS) is 14.8. The first-order valence-electron chi connectivity index (χ1n) is 5.83. The highest BCUT2D eigenvalue weighted by Crippen LogP contribution is 2.24. The number of hydrogen-bond acceptors (Lipinski definition) is 4. The molecule has 0 heterocycles. The highest BCUT2D eigenvalue weighted by atomic mass is 35.5. The topological polar surface area (TPSA) is 104 Å². The molecule has 1 unspecified atom stereocenters. The van der Waals surface area contributed by atoms with Gasteiger partial charge in [-0.2, -0.15) is 0 Å². The minimum absolute atomic E-state index is 0.0844. The quantitative estimate of drug-likeness (QED) is 0.736. The van der Waals surface area contributed by atoms with Crippen molar-refractivity contribution in [3.8, 4) is 0 Å². The summed E-state index contributed by atoms with van der Waals surface area (Å²) in [6.07, 6.45) is 0.360. The molecule has 0 amide bonds. The number of hydrogen-bond donors (Lipinski definition) is 3. The summed E-state index contributed by atoms with van der Waals surface area (Å²) < 4.78 is 26.9. The molecule has 0 spiro atoms. The smallest absolute Gasteiger partial charge is 0.335 e. The molecule has 1 aromatic rings. The van der Waals surface area contributed by atoms with Gasteiger partial charge in [-0.1, -0.05) is 18.5 Å². The van der Waals surface area contributed by atoms with Gasteiger partial charge in [0.15, 0.2) is 0 Å². The molecule has 0 saturated carbocycles. The number of aromatic carboxylic acids is 1. The second-order valence-electron chi connectivity index (χ2n) is 4.63. The summed E-state index contributed by atoms with van der Waals surface area (Å²) in [6, 6.07) is 3.41. The summed E-state index contributed by atoms with van der Waals surface area (Å²) in [5, 5.41) is 18.1. The van der Waals surface area contributed by atoms with Crippen LogP contribution in [0.1, 0.15) is 30.6 Å². The van der Waals surface area contributed by atoms with Crippen molar-refractivity contribution in [2.45, 2.75) is 30.7 Å². The predicted molar refractivity (Wildman–Crippen MR) is 74.5 cm³/mol. The summed E-state index contributed by atoms with van der Waals surface area (Å²) in [6.45, 7) is 2.87. The molecular formula is C12H16ClNO5S. The number of aliphatic hydroxyl groups excluding tert-OH is 1. The van der Waals surface area contributed by atoms with Crippen LogP contribution < -0.4 is 4.72 Å². The first-order chi connectivity index (χ1) is 9.15. The highest BCUT2D eigenvalue weighted by Gasteiger charge is 2.30. The molecule has 1 rings (SSSR count). The number of carbonyl (C=O) groups is 1. The van der Waals surface area contributed by atoms with E-state index < -0.39 is 21.5 Å². The Morgan fingerprint density at radius 2 is 2.05 bits per heavy atom. The van der Waals surface area contributed by atoms with Crippen LogP contribution in [-0.2, 0) is 10.0 Å². The van der Waals surface area contributed by atoms with Crippen molar-refractivity contribution < 1.29 is 23.4 Å². The van der Waals surface area contributed by atoms with Crippen molar-refractivity contribution in [3.05, 3.63) is 28.8 Å². The Morgan fingerprint density at radius 1 is 1.45 bits per heavy atom. The number of benzene rings is 1. The minimum Gasteiger partial charge on any atom is -0.478 e. The maximum atomic E-state index is 12.3. The highest BCUT2D eigenvalue weighted by molar-refractivity contribution is 7.89. The Bertz CT molecular complexity index is 610. The molecule has 0 aliphatic heterocycles. The molecule has 20 heavy (non-hydrogen) atoms. The average Bonchev–Trinajstić information content (AvgIpc) is 2.38. The molecule has 0 aromatic heterocycles. The summed E-state index contributed by atoms with van der Waals surface area (Å²) in [5.41, 5.74) is -1.22. The Morgan fingerprint density at radius 3 is 2.50 bits per heavy atom. The van der Waals surface area contributed by atoms with E-state index in [9.17, 15) is 18.3 Å². The van der Waals surface area contributed by atoms with E-state index in [1.54, 1.807) is 13.8 Å². The molecular weight excluding hydrogens is 306 g/mol. The van der Waals surface area contributed by atoms with Crippen molar-refractivity contribution in [1.29, 1.82) is 0 Å². The Balaban J connectivity index is 3.28. The summed E-state index contributed by atoms with van der Waals surface area (Å²) >= 11 is 5.83. The Hall–Kier alpha value is -1.15. The molecule has 1 atom stereocenters. The molecule has 6 nitrogen and oxygen atoms in total. The first kappa shape index (κ1) is 16.9. The molecule has 0 aliphatic carbocycles. The number of carboxylic acid groups (broad SMARTS) is 1. The third-order valence-corrected chi connectivity index (χ3v) is 5.10. The van der Waals surface area contributed by atoms with Crippen LogP contribution in [0.3, 0.4) is 0 Å². The van der Waals surface area contributed by atoms with Crippen LogP contribution in [-0.4, -0.2) is 36.7 Å². The maximum Gasteiger partial charge on any atom is 0.335 e. The van der Waals surface area contributed by atoms with Gasteiger partial charge in [0.05, 0.1) is 22.7 Å². The monoisotopic (exact) mass is 321 g/mol. The number of carboxylic acids is 1. The number of halogens is 1. The summed E-state index contributed by atoms with van der Waals surface area (Å²) in [7, 11) is -4.03. The van der Waals surface area contributed by atoms with Crippen molar-refractivity contribution >= 4 is 27.6 Å². The van der Waals surface area contributed by atoms with Crippen LogP contribution in [0.25, 0.3) is 0 Å². The second kappa shape index (κ2) is 6.09. The van der Waals surface area contributed by atoms with Crippen molar-refractivity contribution in [3.63, 3.8) is 0 Å². The lowest BCUT2D eigenvalue weighted by Crippen LogP contribution is -2.48. The van der Waals surface area contributed by atoms with E-state index in [1.165, 1.54) is 12.1 Å². The minimum atomic E-state index is -4.03. The molecule has 112 valence electrons. The van der Waals surface area contributed by atoms with Crippen LogP contribution >= 0.6 is 11.6 Å². The lowest BCUT2D eigenvalue weighted by molar-refractivity contribution is 0.0696. The summed E-state index contributed by atoms with van der Waals surface area (Å²) in [4.78, 5) is 10.6. The van der Waals surface area contributed by atoms with Gasteiger partial charge in [0, 0.05) is 0 Å². The van der Waals surface area contributed by atoms with Gasteiger partial charge in [0.1, 0.15) is 4.90 Å². The third-order valence-electron chi connectivity index (χ3n) is 2.98. The van der Waals surface area contributed by atoms with Crippen molar-refractivity contribution in [2.75, 3.05) is 6.61 Å². The second-order valence-corrected chi connectivity index (χ2v) is 6.69. The van der Waals surface area contributed by atoms with Gasteiger partial charge in [-0.3, -0.25) is 0 Å². The predicted octanol–water partition coefficient (Wildman–Crippen LogP) is 1.48. The molecule has 0 fully saturated rings. The first-order valence-corrected chi connectivity index (χ1v) is 7.69. The number of rotatable bonds is 6. The van der Waals surface area contributed by atoms with Crippen LogP contribution in [0, 0.1) is 0 Å². The van der Waals surface area contributed by atoms with E-state index in [-0.39, 0.29) is 22.1 Å². The fraction of sp³-hybridized carbons (Fsp3) is 0.417. The van der Waals surface area contributed by atoms with E-state index in [0.717, 1.165) is 6.07 Å². The molecule has 0 radical (unpaired) electrons. The summed E-state index contributed by atoms with van der Waals surface area (Å²) in [5.74, 6) is -1.25. The number of aliphatic hydroxyl groups is 1. The van der Waals surface area contributed by atoms with Gasteiger partial charge >= 0.3 is 5.97 Å². The van der Waals surface area contributed by atoms with E-state index in [1.807, 2.05) is 0 Å². The lowest BCUT2D eigenvalue weighted by atomic mass is 10.0. The third kappa shape index (κ3) is 3.69. The van der Waals surface area contributed by atoms with Gasteiger partial charge in [0.2, 0.25) is 10.0 Å². The van der Waals surface area contributed by atoms with Crippen molar-refractivity contribution in [2.24, 2.45) is 0 Å². The van der Waals surface area contributed by atoms with Crippen LogP contribution in [0.5, 0.6) is 0 Å². The molecule has 0 aliphatic rings. The van der Waals surface area contributed by atoms with E-state index in [0.29, 0.717) is 6.42 Å². The largest absolute Gasteiger partial charge is 0.478 e. The molecule has 0 saturated heterocycles. The number of sulfonamides is 1. The fourth-order valence-electron chi connectivity index (χ4n) is 1.44. The molecule has 1 aromatic carbocycles. The van der Waals surface area contributed by atoms with Gasteiger partial charge in [-0.15, -0.1) is 0 Å². The fourth-order valence-corrected chi connectivity index (χ4v) is 3.43. The molecule has 8 heteroatoms. The zero-order chi connectivity index (χ0) is 15.6. The van der Waals surface area contributed by atoms with Gasteiger partial charge in [-0.05, 0) is 31.5 Å². The van der Waals surface area contributed by atoms with E-state index in [4.69, 9.17) is 16.7 Å². The van der Waals surface area contributed by atoms with E-state index >= 15 is 0 Å². The maximum absolute atomic E-state index is 12.3. The Labute approximate surface area is 122 Å². The zero-order valence-corrected chi connectivity index (χ0v) is 12.6. The van der Waals surface area contributed by atoms with Gasteiger partial charge < -0.3 is 10.2 Å². The van der Waals surface area contributed by atoms with Crippen LogP contribution in [0.2, 0.25) is 5.02 Å². The average molecular weight is 322 g/mol. The Kier molecular flexibility index (Phi) is 5.15. The van der Waals surface area contributed by atoms with Gasteiger partial charge in [0.25, 0.3) is 0 Å². The van der Waals surface area contributed by atoms with Gasteiger partial charge in [-0.25, -0.2) is 17.9 Å². The standard InChI is InChI=1S/C12H16ClNO5S/c1-3-12(2,7-15)14-20(18,19)10-6-8(11(16)17)4-5-9(10)13/h4-6,14-15H,3,7H2,1-2H3,(H,16,17). The molecule has 0 bridgehead atoms. The van der Waals surface area contributed by atoms with Crippen LogP contribution in [0.15, 0.2) is 23.1 Å². The van der Waals surface area contributed by atoms with E-state index in [2.05, 4.69) is 4.72 Å². The number of nitrogens with one attached hydrogen (secondary N) is 1. The molecule has 3 N–H and O–H groups in total. The lowest BCUT2D eigenvalue weighted by Gasteiger charge is -2.27.